The lowest BCUT2D eigenvalue weighted by atomic mass is 9.69. The number of allylic oxidation sites excluding steroid dienone is 1. The first kappa shape index (κ1) is 23.0. The van der Waals surface area contributed by atoms with Gasteiger partial charge in [0.15, 0.2) is 5.41 Å². The number of hydrogen-bond acceptors (Lipinski definition) is 7. The summed E-state index contributed by atoms with van der Waals surface area (Å²) >= 11 is 0. The Labute approximate surface area is 169 Å². The van der Waals surface area contributed by atoms with Crippen LogP contribution < -0.4 is 10.6 Å². The van der Waals surface area contributed by atoms with Crippen LogP contribution in [0.15, 0.2) is 36.9 Å². The Bertz CT molecular complexity index is 722. The zero-order valence-corrected chi connectivity index (χ0v) is 16.4. The van der Waals surface area contributed by atoms with E-state index in [1.54, 1.807) is 30.3 Å². The monoisotopic (exact) mass is 408 g/mol. The minimum atomic E-state index is -2.02. The summed E-state index contributed by atoms with van der Waals surface area (Å²) in [6.07, 6.45) is -8.18. The number of aliphatic hydroxyl groups is 4. The van der Waals surface area contributed by atoms with Gasteiger partial charge >= 0.3 is 0 Å². The number of carbonyl (C=O) groups excluding carboxylic acids is 2. The molecule has 1 aromatic rings. The quantitative estimate of drug-likeness (QED) is 0.298. The molecule has 9 heteroatoms. The number of aliphatic hydroxyl groups excluding tert-OH is 4. The van der Waals surface area contributed by atoms with Crippen molar-refractivity contribution < 1.29 is 34.8 Å². The first-order chi connectivity index (χ1) is 13.7. The van der Waals surface area contributed by atoms with Gasteiger partial charge in [-0.05, 0) is 17.6 Å². The van der Waals surface area contributed by atoms with Crippen LogP contribution in [0.5, 0.6) is 0 Å². The van der Waals surface area contributed by atoms with Crippen LogP contribution in [-0.2, 0) is 14.3 Å². The van der Waals surface area contributed by atoms with Gasteiger partial charge in [-0.1, -0.05) is 36.9 Å². The Morgan fingerprint density at radius 2 is 1.59 bits per heavy atom. The number of ether oxygens (including phenoxy) is 1. The standard InChI is InChI=1S/C20H28N2O7/c1-11(12-7-5-4-6-8-12)9-20(18(27)21-2,19(28)22-3)17-16(26)15(25)14(24)13(10-23)29-17/h4-8,13-17,23-26H,1,9-10H2,2-3H3,(H,21,27)(H,22,28)/t13-,14-,15+,16-,17-/m1/s1. The van der Waals surface area contributed by atoms with Crippen molar-refractivity contribution in [3.63, 3.8) is 0 Å². The molecule has 9 nitrogen and oxygen atoms in total. The molecule has 1 aliphatic rings. The SMILES string of the molecule is C=C(CC(C(=O)NC)(C(=O)NC)[C@@H]1O[C@H](CO)[C@@H](O)[C@H](O)[C@H]1O)c1ccccc1. The molecular weight excluding hydrogens is 380 g/mol. The van der Waals surface area contributed by atoms with Gasteiger partial charge in [0.05, 0.1) is 6.61 Å². The molecule has 6 N–H and O–H groups in total. The van der Waals surface area contributed by atoms with Crippen LogP contribution >= 0.6 is 0 Å². The van der Waals surface area contributed by atoms with Gasteiger partial charge in [-0.25, -0.2) is 0 Å². The highest BCUT2D eigenvalue weighted by Gasteiger charge is 2.60. The van der Waals surface area contributed by atoms with Crippen molar-refractivity contribution >= 4 is 17.4 Å². The summed E-state index contributed by atoms with van der Waals surface area (Å²) in [4.78, 5) is 26.0. The second kappa shape index (κ2) is 9.47. The van der Waals surface area contributed by atoms with E-state index in [1.807, 2.05) is 0 Å². The summed E-state index contributed by atoms with van der Waals surface area (Å²) in [7, 11) is 2.66. The molecule has 5 atom stereocenters. The Morgan fingerprint density at radius 3 is 2.07 bits per heavy atom. The zero-order valence-electron chi connectivity index (χ0n) is 16.4. The van der Waals surface area contributed by atoms with E-state index in [9.17, 15) is 30.0 Å². The van der Waals surface area contributed by atoms with Crippen molar-refractivity contribution in [3.05, 3.63) is 42.5 Å². The van der Waals surface area contributed by atoms with E-state index >= 15 is 0 Å². The fraction of sp³-hybridized carbons (Fsp3) is 0.500. The molecule has 1 fully saturated rings. The molecular formula is C20H28N2O7. The average molecular weight is 408 g/mol. The van der Waals surface area contributed by atoms with Crippen molar-refractivity contribution in [1.82, 2.24) is 10.6 Å². The third-order valence-electron chi connectivity index (χ3n) is 5.32. The average Bonchev–Trinajstić information content (AvgIpc) is 2.75. The predicted octanol–water partition coefficient (Wildman–Crippen LogP) is -1.59. The lowest BCUT2D eigenvalue weighted by Gasteiger charge is -2.47. The van der Waals surface area contributed by atoms with E-state index in [0.29, 0.717) is 11.1 Å². The Kier molecular flexibility index (Phi) is 7.50. The number of amides is 2. The largest absolute Gasteiger partial charge is 0.394 e. The van der Waals surface area contributed by atoms with Gasteiger partial charge in [0.25, 0.3) is 0 Å². The molecule has 0 aromatic heterocycles. The fourth-order valence-electron chi connectivity index (χ4n) is 3.69. The van der Waals surface area contributed by atoms with E-state index in [-0.39, 0.29) is 6.42 Å². The molecule has 0 saturated carbocycles. The van der Waals surface area contributed by atoms with E-state index < -0.39 is 54.4 Å². The van der Waals surface area contributed by atoms with Crippen molar-refractivity contribution in [2.45, 2.75) is 36.9 Å². The summed E-state index contributed by atoms with van der Waals surface area (Å²) < 4.78 is 5.61. The molecule has 2 amide bonds. The van der Waals surface area contributed by atoms with Gasteiger partial charge in [0.2, 0.25) is 11.8 Å². The van der Waals surface area contributed by atoms with Crippen LogP contribution in [0.4, 0.5) is 0 Å². The van der Waals surface area contributed by atoms with Gasteiger partial charge in [-0.3, -0.25) is 9.59 Å². The minimum absolute atomic E-state index is 0.237. The van der Waals surface area contributed by atoms with Crippen molar-refractivity contribution in [1.29, 1.82) is 0 Å². The lowest BCUT2D eigenvalue weighted by Crippen LogP contribution is -2.68. The molecule has 1 saturated heterocycles. The third kappa shape index (κ3) is 4.19. The van der Waals surface area contributed by atoms with Crippen molar-refractivity contribution in [2.75, 3.05) is 20.7 Å². The summed E-state index contributed by atoms with van der Waals surface area (Å²) in [6, 6.07) is 8.87. The normalized spacial score (nSPS) is 27.2. The summed E-state index contributed by atoms with van der Waals surface area (Å²) in [5.41, 5.74) is -0.922. The number of hydrogen-bond donors (Lipinski definition) is 6. The molecule has 1 aromatic carbocycles. The molecule has 160 valence electrons. The molecule has 0 aliphatic carbocycles. The van der Waals surface area contributed by atoms with Crippen molar-refractivity contribution in [3.8, 4) is 0 Å². The number of rotatable bonds is 7. The lowest BCUT2D eigenvalue weighted by molar-refractivity contribution is -0.251. The molecule has 0 unspecified atom stereocenters. The smallest absolute Gasteiger partial charge is 0.238 e. The van der Waals surface area contributed by atoms with Crippen LogP contribution in [0.1, 0.15) is 12.0 Å². The molecule has 0 spiro atoms. The summed E-state index contributed by atoms with van der Waals surface area (Å²) in [6.45, 7) is 3.30. The second-order valence-electron chi connectivity index (χ2n) is 7.03. The summed E-state index contributed by atoms with van der Waals surface area (Å²) in [5.74, 6) is -1.53. The van der Waals surface area contributed by atoms with Crippen LogP contribution in [0, 0.1) is 5.41 Å². The zero-order chi connectivity index (χ0) is 21.8. The molecule has 0 bridgehead atoms. The maximum Gasteiger partial charge on any atom is 0.238 e. The van der Waals surface area contributed by atoms with Crippen molar-refractivity contribution in [2.24, 2.45) is 5.41 Å². The molecule has 1 aliphatic heterocycles. The van der Waals surface area contributed by atoms with Gasteiger partial charge < -0.3 is 35.8 Å². The van der Waals surface area contributed by atoms with Crippen LogP contribution in [0.3, 0.4) is 0 Å². The van der Waals surface area contributed by atoms with E-state index in [0.717, 1.165) is 0 Å². The second-order valence-corrected chi connectivity index (χ2v) is 7.03. The van der Waals surface area contributed by atoms with E-state index in [1.165, 1.54) is 14.1 Å². The van der Waals surface area contributed by atoms with Gasteiger partial charge in [-0.2, -0.15) is 0 Å². The number of benzene rings is 1. The maximum absolute atomic E-state index is 13.0. The van der Waals surface area contributed by atoms with Crippen LogP contribution in [0.25, 0.3) is 5.57 Å². The Balaban J connectivity index is 2.57. The number of carbonyl (C=O) groups is 2. The van der Waals surface area contributed by atoms with Gasteiger partial charge in [0.1, 0.15) is 30.5 Å². The first-order valence-electron chi connectivity index (χ1n) is 9.22. The molecule has 2 rings (SSSR count). The third-order valence-corrected chi connectivity index (χ3v) is 5.32. The minimum Gasteiger partial charge on any atom is -0.394 e. The highest BCUT2D eigenvalue weighted by atomic mass is 16.5. The van der Waals surface area contributed by atoms with Gasteiger partial charge in [0, 0.05) is 14.1 Å². The topological polar surface area (TPSA) is 148 Å². The first-order valence-corrected chi connectivity index (χ1v) is 9.22. The number of nitrogens with one attached hydrogen (secondary N) is 2. The van der Waals surface area contributed by atoms with E-state index in [4.69, 9.17) is 4.74 Å². The molecule has 0 radical (unpaired) electrons. The predicted molar refractivity (Wildman–Crippen MR) is 104 cm³/mol. The Morgan fingerprint density at radius 1 is 1.03 bits per heavy atom. The maximum atomic E-state index is 13.0. The van der Waals surface area contributed by atoms with Crippen LogP contribution in [-0.4, -0.2) is 83.5 Å². The highest BCUT2D eigenvalue weighted by Crippen LogP contribution is 2.41. The molecule has 1 heterocycles. The Hall–Kier alpha value is -2.30. The fourth-order valence-corrected chi connectivity index (χ4v) is 3.69. The summed E-state index contributed by atoms with van der Waals surface area (Å²) in [5, 5.41) is 45.3. The van der Waals surface area contributed by atoms with Crippen LogP contribution in [0.2, 0.25) is 0 Å². The van der Waals surface area contributed by atoms with E-state index in [2.05, 4.69) is 17.2 Å². The highest BCUT2D eigenvalue weighted by molar-refractivity contribution is 6.07. The molecule has 29 heavy (non-hydrogen) atoms. The van der Waals surface area contributed by atoms with Gasteiger partial charge in [-0.15, -0.1) is 0 Å².